The molecule has 2 rings (SSSR count). The van der Waals surface area contributed by atoms with E-state index in [2.05, 4.69) is 0 Å². The molecule has 24 heavy (non-hydrogen) atoms. The topological polar surface area (TPSA) is 66.8 Å². The Labute approximate surface area is 137 Å². The summed E-state index contributed by atoms with van der Waals surface area (Å²) in [5.74, 6) is -2.19. The van der Waals surface area contributed by atoms with Crippen molar-refractivity contribution in [3.05, 3.63) is 35.4 Å². The zero-order valence-electron chi connectivity index (χ0n) is 13.0. The van der Waals surface area contributed by atoms with Crippen LogP contribution >= 0.6 is 0 Å². The van der Waals surface area contributed by atoms with Crippen molar-refractivity contribution in [2.75, 3.05) is 19.8 Å². The number of benzene rings is 1. The van der Waals surface area contributed by atoms with Gasteiger partial charge in [-0.1, -0.05) is 25.1 Å². The number of alkyl halides is 3. The van der Waals surface area contributed by atoms with E-state index in [4.69, 9.17) is 9.84 Å². The molecule has 1 heterocycles. The fourth-order valence-electron chi connectivity index (χ4n) is 2.67. The minimum atomic E-state index is -4.44. The van der Waals surface area contributed by atoms with Gasteiger partial charge < -0.3 is 14.7 Å². The van der Waals surface area contributed by atoms with Crippen molar-refractivity contribution in [2.45, 2.75) is 25.6 Å². The van der Waals surface area contributed by atoms with Crippen molar-refractivity contribution < 1.29 is 32.6 Å². The summed E-state index contributed by atoms with van der Waals surface area (Å²) in [6.07, 6.45) is -4.34. The largest absolute Gasteiger partial charge is 0.480 e. The molecule has 0 aromatic heterocycles. The SMILES string of the molecule is C[C@@H](Cc1cccc(C(F)(F)F)c1)C(=O)N1CCOC[C@@H]1C(=O)O. The number of hydrogen-bond donors (Lipinski definition) is 1. The Balaban J connectivity index is 2.10. The van der Waals surface area contributed by atoms with Crippen LogP contribution in [0.5, 0.6) is 0 Å². The molecule has 1 aliphatic rings. The zero-order valence-corrected chi connectivity index (χ0v) is 13.0. The quantitative estimate of drug-likeness (QED) is 0.908. The van der Waals surface area contributed by atoms with Crippen LogP contribution in [-0.4, -0.2) is 47.7 Å². The van der Waals surface area contributed by atoms with E-state index < -0.39 is 35.6 Å². The van der Waals surface area contributed by atoms with E-state index in [1.807, 2.05) is 0 Å². The number of carbonyl (C=O) groups is 2. The lowest BCUT2D eigenvalue weighted by atomic mass is 9.97. The van der Waals surface area contributed by atoms with Gasteiger partial charge in [-0.25, -0.2) is 4.79 Å². The fraction of sp³-hybridized carbons (Fsp3) is 0.500. The first-order valence-electron chi connectivity index (χ1n) is 7.47. The first-order chi connectivity index (χ1) is 11.2. The first-order valence-corrected chi connectivity index (χ1v) is 7.47. The Morgan fingerprint density at radius 3 is 2.75 bits per heavy atom. The molecule has 1 aliphatic heterocycles. The van der Waals surface area contributed by atoms with Crippen molar-refractivity contribution in [1.82, 2.24) is 4.90 Å². The lowest BCUT2D eigenvalue weighted by molar-refractivity contribution is -0.160. The maximum atomic E-state index is 12.7. The summed E-state index contributed by atoms with van der Waals surface area (Å²) in [6, 6.07) is 3.74. The van der Waals surface area contributed by atoms with Gasteiger partial charge in [0.15, 0.2) is 6.04 Å². The van der Waals surface area contributed by atoms with Crippen molar-refractivity contribution >= 4 is 11.9 Å². The Kier molecular flexibility index (Phi) is 5.48. The molecular formula is C16H18F3NO4. The van der Waals surface area contributed by atoms with Crippen LogP contribution in [0, 0.1) is 5.92 Å². The monoisotopic (exact) mass is 345 g/mol. The van der Waals surface area contributed by atoms with Crippen LogP contribution in [-0.2, 0) is 26.9 Å². The van der Waals surface area contributed by atoms with Gasteiger partial charge in [-0.3, -0.25) is 4.79 Å². The molecule has 0 unspecified atom stereocenters. The normalized spacial score (nSPS) is 19.8. The summed E-state index contributed by atoms with van der Waals surface area (Å²) < 4.78 is 43.3. The molecule has 0 spiro atoms. The summed E-state index contributed by atoms with van der Waals surface area (Å²) in [5.41, 5.74) is -0.389. The predicted octanol–water partition coefficient (Wildman–Crippen LogP) is 2.20. The molecule has 0 aliphatic carbocycles. The minimum absolute atomic E-state index is 0.0860. The van der Waals surface area contributed by atoms with Gasteiger partial charge >= 0.3 is 12.1 Å². The Morgan fingerprint density at radius 1 is 1.42 bits per heavy atom. The highest BCUT2D eigenvalue weighted by molar-refractivity contribution is 5.85. The van der Waals surface area contributed by atoms with Gasteiger partial charge in [-0.05, 0) is 18.1 Å². The second-order valence-electron chi connectivity index (χ2n) is 5.76. The van der Waals surface area contributed by atoms with Crippen LogP contribution in [0.3, 0.4) is 0 Å². The van der Waals surface area contributed by atoms with Crippen molar-refractivity contribution in [3.8, 4) is 0 Å². The number of amides is 1. The first kappa shape index (κ1) is 18.3. The third-order valence-corrected chi connectivity index (χ3v) is 3.91. The molecule has 0 bridgehead atoms. The molecule has 132 valence electrons. The van der Waals surface area contributed by atoms with Crippen LogP contribution in [0.4, 0.5) is 13.2 Å². The highest BCUT2D eigenvalue weighted by Gasteiger charge is 2.35. The fourth-order valence-corrected chi connectivity index (χ4v) is 2.67. The van der Waals surface area contributed by atoms with Crippen molar-refractivity contribution in [2.24, 2.45) is 5.92 Å². The Hall–Kier alpha value is -2.09. The standard InChI is InChI=1S/C16H18F3NO4/c1-10(7-11-3-2-4-12(8-11)16(17,18)19)14(21)20-5-6-24-9-13(20)15(22)23/h2-4,8,10,13H,5-7,9H2,1H3,(H,22,23)/t10-,13+/m0/s1. The average molecular weight is 345 g/mol. The second kappa shape index (κ2) is 7.21. The summed E-state index contributed by atoms with van der Waals surface area (Å²) in [5, 5.41) is 9.16. The van der Waals surface area contributed by atoms with E-state index in [-0.39, 0.29) is 26.2 Å². The van der Waals surface area contributed by atoms with Gasteiger partial charge in [-0.2, -0.15) is 13.2 Å². The Morgan fingerprint density at radius 2 is 2.12 bits per heavy atom. The van der Waals surface area contributed by atoms with Gasteiger partial charge in [-0.15, -0.1) is 0 Å². The molecule has 1 saturated heterocycles. The second-order valence-corrected chi connectivity index (χ2v) is 5.76. The maximum absolute atomic E-state index is 12.7. The number of nitrogens with zero attached hydrogens (tertiary/aromatic N) is 1. The van der Waals surface area contributed by atoms with E-state index in [9.17, 15) is 22.8 Å². The predicted molar refractivity (Wildman–Crippen MR) is 78.3 cm³/mol. The number of morpholine rings is 1. The third kappa shape index (κ3) is 4.25. The van der Waals surface area contributed by atoms with E-state index in [1.165, 1.54) is 17.0 Å². The lowest BCUT2D eigenvalue weighted by Gasteiger charge is -2.34. The molecule has 1 amide bonds. The van der Waals surface area contributed by atoms with Crippen molar-refractivity contribution in [3.63, 3.8) is 0 Å². The highest BCUT2D eigenvalue weighted by atomic mass is 19.4. The van der Waals surface area contributed by atoms with Gasteiger partial charge in [0.1, 0.15) is 0 Å². The van der Waals surface area contributed by atoms with Gasteiger partial charge in [0.25, 0.3) is 0 Å². The van der Waals surface area contributed by atoms with E-state index in [1.54, 1.807) is 6.92 Å². The number of ether oxygens (including phenoxy) is 1. The molecular weight excluding hydrogens is 327 g/mol. The number of carboxylic acid groups (broad SMARTS) is 1. The van der Waals surface area contributed by atoms with Crippen LogP contribution in [0.1, 0.15) is 18.1 Å². The molecule has 0 radical (unpaired) electrons. The smallest absolute Gasteiger partial charge is 0.416 e. The van der Waals surface area contributed by atoms with Gasteiger partial charge in [0.2, 0.25) is 5.91 Å². The molecule has 1 fully saturated rings. The minimum Gasteiger partial charge on any atom is -0.480 e. The number of carbonyl (C=O) groups excluding carboxylic acids is 1. The molecule has 5 nitrogen and oxygen atoms in total. The van der Waals surface area contributed by atoms with Gasteiger partial charge in [0, 0.05) is 12.5 Å². The van der Waals surface area contributed by atoms with Crippen LogP contribution < -0.4 is 0 Å². The Bertz CT molecular complexity index is 618. The summed E-state index contributed by atoms with van der Waals surface area (Å²) in [4.78, 5) is 24.9. The molecule has 1 N–H and O–H groups in total. The lowest BCUT2D eigenvalue weighted by Crippen LogP contribution is -2.54. The van der Waals surface area contributed by atoms with Crippen LogP contribution in [0.2, 0.25) is 0 Å². The third-order valence-electron chi connectivity index (χ3n) is 3.91. The molecule has 8 heteroatoms. The summed E-state index contributed by atoms with van der Waals surface area (Å²) >= 11 is 0. The summed E-state index contributed by atoms with van der Waals surface area (Å²) in [7, 11) is 0. The molecule has 2 atom stereocenters. The zero-order chi connectivity index (χ0) is 17.9. The molecule has 0 saturated carbocycles. The highest BCUT2D eigenvalue weighted by Crippen LogP contribution is 2.30. The number of aliphatic carboxylic acids is 1. The van der Waals surface area contributed by atoms with Crippen LogP contribution in [0.25, 0.3) is 0 Å². The number of rotatable bonds is 4. The number of halogens is 3. The van der Waals surface area contributed by atoms with Crippen molar-refractivity contribution in [1.29, 1.82) is 0 Å². The van der Waals surface area contributed by atoms with E-state index in [0.717, 1.165) is 12.1 Å². The maximum Gasteiger partial charge on any atom is 0.416 e. The molecule has 1 aromatic carbocycles. The van der Waals surface area contributed by atoms with E-state index in [0.29, 0.717) is 5.56 Å². The van der Waals surface area contributed by atoms with Gasteiger partial charge in [0.05, 0.1) is 18.8 Å². The number of hydrogen-bond acceptors (Lipinski definition) is 3. The summed E-state index contributed by atoms with van der Waals surface area (Å²) in [6.45, 7) is 1.89. The van der Waals surface area contributed by atoms with E-state index >= 15 is 0 Å². The average Bonchev–Trinajstić information content (AvgIpc) is 2.53. The van der Waals surface area contributed by atoms with Crippen LogP contribution in [0.15, 0.2) is 24.3 Å². The molecule has 1 aromatic rings. The number of carboxylic acids is 1.